The van der Waals surface area contributed by atoms with Gasteiger partial charge in [0.25, 0.3) is 0 Å². The van der Waals surface area contributed by atoms with Gasteiger partial charge in [-0.3, -0.25) is 4.90 Å². The Morgan fingerprint density at radius 2 is 2.15 bits per heavy atom. The Morgan fingerprint density at radius 3 is 2.75 bits per heavy atom. The Morgan fingerprint density at radius 1 is 1.45 bits per heavy atom. The lowest BCUT2D eigenvalue weighted by molar-refractivity contribution is 0.103. The predicted molar refractivity (Wildman–Crippen MR) is 72.7 cm³/mol. The number of halogens is 1. The van der Waals surface area contributed by atoms with E-state index in [0.29, 0.717) is 19.6 Å². The molecule has 1 heterocycles. The summed E-state index contributed by atoms with van der Waals surface area (Å²) in [4.78, 5) is 12.6. The number of rotatable bonds is 4. The number of hydrogen-bond donors (Lipinski definition) is 2. The van der Waals surface area contributed by atoms with Gasteiger partial charge >= 0.3 is 6.09 Å². The zero-order valence-electron chi connectivity index (χ0n) is 11.4. The summed E-state index contributed by atoms with van der Waals surface area (Å²) in [7, 11) is 1.61. The molecular weight excluding hydrogens is 263 g/mol. The molecule has 0 saturated carbocycles. The molecule has 2 atom stereocenters. The third-order valence-electron chi connectivity index (χ3n) is 3.37. The van der Waals surface area contributed by atoms with Crippen LogP contribution in [-0.2, 0) is 6.54 Å². The lowest BCUT2D eigenvalue weighted by atomic mass is 10.0. The lowest BCUT2D eigenvalue weighted by Crippen LogP contribution is -2.50. The van der Waals surface area contributed by atoms with E-state index in [9.17, 15) is 9.18 Å². The Bertz CT molecular complexity index is 452. The summed E-state index contributed by atoms with van der Waals surface area (Å²) >= 11 is 0. The van der Waals surface area contributed by atoms with Crippen molar-refractivity contribution in [1.29, 1.82) is 0 Å². The molecule has 6 heteroatoms. The van der Waals surface area contributed by atoms with Crippen molar-refractivity contribution in [2.45, 2.75) is 25.2 Å². The average molecular weight is 282 g/mol. The van der Waals surface area contributed by atoms with Crippen LogP contribution in [0.15, 0.2) is 24.3 Å². The number of carboxylic acid groups (broad SMARTS) is 1. The maximum Gasteiger partial charge on any atom is 0.404 e. The van der Waals surface area contributed by atoms with Crippen molar-refractivity contribution >= 4 is 6.09 Å². The summed E-state index contributed by atoms with van der Waals surface area (Å²) in [6.45, 7) is 1.46. The minimum absolute atomic E-state index is 0.241. The van der Waals surface area contributed by atoms with Crippen LogP contribution < -0.4 is 10.1 Å². The first-order valence-electron chi connectivity index (χ1n) is 6.55. The van der Waals surface area contributed by atoms with Gasteiger partial charge in [0.2, 0.25) is 0 Å². The highest BCUT2D eigenvalue weighted by Gasteiger charge is 2.28. The summed E-state index contributed by atoms with van der Waals surface area (Å²) in [6.07, 6.45) is -1.86. The molecule has 1 saturated heterocycles. The molecule has 5 nitrogen and oxygen atoms in total. The number of hydrogen-bond acceptors (Lipinski definition) is 3. The molecule has 0 bridgehead atoms. The van der Waals surface area contributed by atoms with Gasteiger partial charge in [-0.1, -0.05) is 12.1 Å². The summed E-state index contributed by atoms with van der Waals surface area (Å²) in [5.41, 5.74) is 1.05. The quantitative estimate of drug-likeness (QED) is 0.885. The SMILES string of the molecule is COc1ccc(CN2C[C@@H](F)C[C@H](NC(=O)O)C2)cc1. The molecule has 110 valence electrons. The smallest absolute Gasteiger partial charge is 0.404 e. The van der Waals surface area contributed by atoms with Crippen LogP contribution in [0.5, 0.6) is 5.75 Å². The molecule has 1 aliphatic heterocycles. The highest BCUT2D eigenvalue weighted by atomic mass is 19.1. The first-order chi connectivity index (χ1) is 9.56. The number of piperidine rings is 1. The van der Waals surface area contributed by atoms with Crippen molar-refractivity contribution in [1.82, 2.24) is 10.2 Å². The normalized spacial score (nSPS) is 23.3. The van der Waals surface area contributed by atoms with Crippen LogP contribution in [-0.4, -0.2) is 48.5 Å². The molecule has 2 rings (SSSR count). The van der Waals surface area contributed by atoms with E-state index in [1.807, 2.05) is 29.2 Å². The third-order valence-corrected chi connectivity index (χ3v) is 3.37. The van der Waals surface area contributed by atoms with Gasteiger partial charge in [0, 0.05) is 32.1 Å². The van der Waals surface area contributed by atoms with Crippen LogP contribution >= 0.6 is 0 Å². The maximum absolute atomic E-state index is 13.7. The fourth-order valence-corrected chi connectivity index (χ4v) is 2.52. The van der Waals surface area contributed by atoms with Gasteiger partial charge in [0.1, 0.15) is 11.9 Å². The molecular formula is C14H19FN2O3. The number of methoxy groups -OCH3 is 1. The fourth-order valence-electron chi connectivity index (χ4n) is 2.52. The molecule has 2 N–H and O–H groups in total. The van der Waals surface area contributed by atoms with E-state index in [1.54, 1.807) is 7.11 Å². The number of ether oxygens (including phenoxy) is 1. The monoisotopic (exact) mass is 282 g/mol. The number of nitrogens with zero attached hydrogens (tertiary/aromatic N) is 1. The van der Waals surface area contributed by atoms with Gasteiger partial charge in [0.15, 0.2) is 0 Å². The topological polar surface area (TPSA) is 61.8 Å². The average Bonchev–Trinajstić information content (AvgIpc) is 2.38. The molecule has 1 aromatic rings. The number of carbonyl (C=O) groups is 1. The summed E-state index contributed by atoms with van der Waals surface area (Å²) in [6, 6.07) is 7.23. The van der Waals surface area contributed by atoms with E-state index >= 15 is 0 Å². The second-order valence-electron chi connectivity index (χ2n) is 5.02. The van der Waals surface area contributed by atoms with E-state index in [0.717, 1.165) is 11.3 Å². The lowest BCUT2D eigenvalue weighted by Gasteiger charge is -2.34. The standard InChI is InChI=1S/C14H19FN2O3/c1-20-13-4-2-10(3-5-13)7-17-8-11(15)6-12(9-17)16-14(18)19/h2-5,11-12,16H,6-9H2,1H3,(H,18,19)/t11-,12-/m0/s1. The molecule has 0 aliphatic carbocycles. The Labute approximate surface area is 117 Å². The summed E-state index contributed by atoms with van der Waals surface area (Å²) < 4.78 is 18.7. The van der Waals surface area contributed by atoms with E-state index in [4.69, 9.17) is 9.84 Å². The van der Waals surface area contributed by atoms with E-state index in [1.165, 1.54) is 0 Å². The van der Waals surface area contributed by atoms with Gasteiger partial charge in [-0.15, -0.1) is 0 Å². The number of alkyl halides is 1. The molecule has 0 spiro atoms. The van der Waals surface area contributed by atoms with Crippen LogP contribution in [0.3, 0.4) is 0 Å². The van der Waals surface area contributed by atoms with Gasteiger partial charge in [0.05, 0.1) is 7.11 Å². The second-order valence-corrected chi connectivity index (χ2v) is 5.02. The highest BCUT2D eigenvalue weighted by molar-refractivity contribution is 5.64. The molecule has 0 aromatic heterocycles. The van der Waals surface area contributed by atoms with Gasteiger partial charge in [-0.05, 0) is 17.7 Å². The van der Waals surface area contributed by atoms with Crippen molar-refractivity contribution in [3.05, 3.63) is 29.8 Å². The minimum Gasteiger partial charge on any atom is -0.497 e. The van der Waals surface area contributed by atoms with Gasteiger partial charge in [-0.25, -0.2) is 9.18 Å². The summed E-state index contributed by atoms with van der Waals surface area (Å²) in [5.74, 6) is 0.779. The number of nitrogens with one attached hydrogen (secondary N) is 1. The zero-order valence-corrected chi connectivity index (χ0v) is 11.4. The van der Waals surface area contributed by atoms with Crippen LogP contribution in [0.1, 0.15) is 12.0 Å². The van der Waals surface area contributed by atoms with E-state index < -0.39 is 12.3 Å². The van der Waals surface area contributed by atoms with Crippen LogP contribution in [0.2, 0.25) is 0 Å². The number of likely N-dealkylation sites (tertiary alicyclic amines) is 1. The minimum atomic E-state index is -1.10. The molecule has 1 fully saturated rings. The van der Waals surface area contributed by atoms with E-state index in [-0.39, 0.29) is 12.5 Å². The molecule has 1 aromatic carbocycles. The first kappa shape index (κ1) is 14.6. The van der Waals surface area contributed by atoms with E-state index in [2.05, 4.69) is 5.32 Å². The molecule has 1 amide bonds. The van der Waals surface area contributed by atoms with Crippen LogP contribution in [0.4, 0.5) is 9.18 Å². The largest absolute Gasteiger partial charge is 0.497 e. The van der Waals surface area contributed by atoms with Crippen LogP contribution in [0, 0.1) is 0 Å². The van der Waals surface area contributed by atoms with Crippen molar-refractivity contribution in [2.24, 2.45) is 0 Å². The molecule has 20 heavy (non-hydrogen) atoms. The Hall–Kier alpha value is -1.82. The molecule has 0 radical (unpaired) electrons. The van der Waals surface area contributed by atoms with Crippen molar-refractivity contribution in [2.75, 3.05) is 20.2 Å². The van der Waals surface area contributed by atoms with Crippen molar-refractivity contribution in [3.63, 3.8) is 0 Å². The second kappa shape index (κ2) is 6.56. The predicted octanol–water partition coefficient (Wildman–Crippen LogP) is 1.88. The van der Waals surface area contributed by atoms with Crippen LogP contribution in [0.25, 0.3) is 0 Å². The maximum atomic E-state index is 13.7. The third kappa shape index (κ3) is 4.09. The number of benzene rings is 1. The zero-order chi connectivity index (χ0) is 14.5. The highest BCUT2D eigenvalue weighted by Crippen LogP contribution is 2.18. The fraction of sp³-hybridized carbons (Fsp3) is 0.500. The van der Waals surface area contributed by atoms with Crippen molar-refractivity contribution < 1.29 is 19.0 Å². The van der Waals surface area contributed by atoms with Gasteiger partial charge in [-0.2, -0.15) is 0 Å². The first-order valence-corrected chi connectivity index (χ1v) is 6.55. The molecule has 1 aliphatic rings. The van der Waals surface area contributed by atoms with Gasteiger partial charge < -0.3 is 15.2 Å². The number of amides is 1. The Balaban J connectivity index is 1.94. The summed E-state index contributed by atoms with van der Waals surface area (Å²) in [5, 5.41) is 11.1. The molecule has 0 unspecified atom stereocenters. The Kier molecular flexibility index (Phi) is 4.79. The van der Waals surface area contributed by atoms with Crippen molar-refractivity contribution in [3.8, 4) is 5.75 Å².